The van der Waals surface area contributed by atoms with Gasteiger partial charge in [-0.3, -0.25) is 24.5 Å². The number of nitro groups is 1. The van der Waals surface area contributed by atoms with Gasteiger partial charge in [0.15, 0.2) is 0 Å². The molecule has 5 aromatic rings. The molecule has 5 rings (SSSR count). The summed E-state index contributed by atoms with van der Waals surface area (Å²) in [6, 6.07) is 38.3. The number of carbonyl (C=O) groups is 3. The minimum atomic E-state index is -0.529. The second kappa shape index (κ2) is 15.8. The van der Waals surface area contributed by atoms with E-state index in [2.05, 4.69) is 16.0 Å². The molecule has 0 unspecified atom stereocenters. The average Bonchev–Trinajstić information content (AvgIpc) is 3.04. The Balaban J connectivity index is 0.000000231. The lowest BCUT2D eigenvalue weighted by molar-refractivity contribution is -0.384. The summed E-state index contributed by atoms with van der Waals surface area (Å²) >= 11 is 0. The van der Waals surface area contributed by atoms with Crippen molar-refractivity contribution >= 4 is 46.2 Å². The fraction of sp³-hybridized carbons (Fsp3) is 0.0571. The first-order valence-corrected chi connectivity index (χ1v) is 14.0. The SMILES string of the molecule is Nc1ccccc1NC(=O)Cc1ccccc1.O=C(Cc1ccccc1)Nc1ccccc1NC(=O)c1ccc([N+](=O)[O-])cc1. The topological polar surface area (TPSA) is 156 Å². The molecule has 45 heavy (non-hydrogen) atoms. The number of nitrogens with two attached hydrogens (primary N) is 1. The number of para-hydroxylation sites is 4. The average molecular weight is 602 g/mol. The minimum Gasteiger partial charge on any atom is -0.397 e. The van der Waals surface area contributed by atoms with Crippen molar-refractivity contribution in [3.05, 3.63) is 160 Å². The number of hydrogen-bond donors (Lipinski definition) is 4. The van der Waals surface area contributed by atoms with Crippen LogP contribution in [-0.4, -0.2) is 22.6 Å². The standard InChI is InChI=1S/C21H17N3O4.C14H14N2O/c25-20(14-15-6-2-1-3-7-15)22-18-8-4-5-9-19(18)23-21(26)16-10-12-17(13-11-16)24(27)28;15-12-8-4-5-9-13(12)16-14(17)10-11-6-2-1-3-7-11/h1-13H,14H2,(H,22,25)(H,23,26);1-9H,10,15H2,(H,16,17). The van der Waals surface area contributed by atoms with E-state index in [9.17, 15) is 24.5 Å². The summed E-state index contributed by atoms with van der Waals surface area (Å²) < 4.78 is 0. The largest absolute Gasteiger partial charge is 0.397 e. The van der Waals surface area contributed by atoms with E-state index < -0.39 is 10.8 Å². The van der Waals surface area contributed by atoms with Gasteiger partial charge < -0.3 is 21.7 Å². The van der Waals surface area contributed by atoms with Crippen LogP contribution in [0.1, 0.15) is 21.5 Å². The number of non-ortho nitro benzene ring substituents is 1. The molecule has 5 aromatic carbocycles. The first kappa shape index (κ1) is 31.6. The minimum absolute atomic E-state index is 0.0610. The highest BCUT2D eigenvalue weighted by Gasteiger charge is 2.13. The van der Waals surface area contributed by atoms with Crippen LogP contribution in [0.15, 0.2) is 133 Å². The maximum Gasteiger partial charge on any atom is 0.269 e. The third-order valence-electron chi connectivity index (χ3n) is 6.44. The number of rotatable bonds is 9. The number of nitrogens with zero attached hydrogens (tertiary/aromatic N) is 1. The predicted molar refractivity (Wildman–Crippen MR) is 176 cm³/mol. The Hall–Kier alpha value is -6.29. The summed E-state index contributed by atoms with van der Waals surface area (Å²) in [5, 5.41) is 19.0. The fourth-order valence-electron chi connectivity index (χ4n) is 4.19. The van der Waals surface area contributed by atoms with E-state index in [1.54, 1.807) is 36.4 Å². The van der Waals surface area contributed by atoms with E-state index >= 15 is 0 Å². The van der Waals surface area contributed by atoms with Gasteiger partial charge in [-0.15, -0.1) is 0 Å². The van der Waals surface area contributed by atoms with Crippen molar-refractivity contribution < 1.29 is 19.3 Å². The molecule has 3 amide bonds. The normalized spacial score (nSPS) is 10.0. The zero-order chi connectivity index (χ0) is 32.0. The van der Waals surface area contributed by atoms with Crippen molar-refractivity contribution in [3.8, 4) is 0 Å². The molecule has 0 saturated heterocycles. The van der Waals surface area contributed by atoms with Crippen molar-refractivity contribution in [2.45, 2.75) is 12.8 Å². The Bertz CT molecular complexity index is 1760. The van der Waals surface area contributed by atoms with Crippen molar-refractivity contribution in [3.63, 3.8) is 0 Å². The summed E-state index contributed by atoms with van der Waals surface area (Å²) in [6.45, 7) is 0. The third kappa shape index (κ3) is 9.90. The highest BCUT2D eigenvalue weighted by Crippen LogP contribution is 2.23. The summed E-state index contributed by atoms with van der Waals surface area (Å²) in [5.41, 5.74) is 9.94. The molecular weight excluding hydrogens is 570 g/mol. The second-order valence-electron chi connectivity index (χ2n) is 9.81. The van der Waals surface area contributed by atoms with Gasteiger partial charge in [-0.2, -0.15) is 0 Å². The molecule has 10 nitrogen and oxygen atoms in total. The molecule has 226 valence electrons. The van der Waals surface area contributed by atoms with E-state index in [4.69, 9.17) is 5.73 Å². The molecule has 0 fully saturated rings. The van der Waals surface area contributed by atoms with Crippen LogP contribution in [-0.2, 0) is 22.4 Å². The molecule has 0 saturated carbocycles. The van der Waals surface area contributed by atoms with Crippen LogP contribution in [0.5, 0.6) is 0 Å². The molecule has 0 spiro atoms. The summed E-state index contributed by atoms with van der Waals surface area (Å²) in [5.74, 6) is -0.697. The molecule has 5 N–H and O–H groups in total. The van der Waals surface area contributed by atoms with Crippen molar-refractivity contribution in [2.75, 3.05) is 21.7 Å². The summed E-state index contributed by atoms with van der Waals surface area (Å²) in [7, 11) is 0. The third-order valence-corrected chi connectivity index (χ3v) is 6.44. The van der Waals surface area contributed by atoms with Crippen molar-refractivity contribution in [2.24, 2.45) is 0 Å². The van der Waals surface area contributed by atoms with E-state index in [0.717, 1.165) is 11.1 Å². The molecule has 0 radical (unpaired) electrons. The first-order valence-electron chi connectivity index (χ1n) is 14.0. The Morgan fingerprint density at radius 1 is 0.556 bits per heavy atom. The van der Waals surface area contributed by atoms with Crippen molar-refractivity contribution in [1.29, 1.82) is 0 Å². The number of anilines is 4. The van der Waals surface area contributed by atoms with Crippen LogP contribution in [0.25, 0.3) is 0 Å². The van der Waals surface area contributed by atoms with Gasteiger partial charge in [-0.1, -0.05) is 84.9 Å². The zero-order valence-corrected chi connectivity index (χ0v) is 24.2. The van der Waals surface area contributed by atoms with Gasteiger partial charge in [0.1, 0.15) is 0 Å². The first-order chi connectivity index (χ1) is 21.8. The van der Waals surface area contributed by atoms with Crippen LogP contribution in [0.2, 0.25) is 0 Å². The van der Waals surface area contributed by atoms with Crippen LogP contribution < -0.4 is 21.7 Å². The maximum atomic E-state index is 12.4. The number of amides is 3. The van der Waals surface area contributed by atoms with E-state index in [1.165, 1.54) is 24.3 Å². The maximum absolute atomic E-state index is 12.4. The van der Waals surface area contributed by atoms with Gasteiger partial charge in [-0.05, 0) is 47.5 Å². The Morgan fingerprint density at radius 2 is 0.978 bits per heavy atom. The highest BCUT2D eigenvalue weighted by atomic mass is 16.6. The summed E-state index contributed by atoms with van der Waals surface area (Å²) in [6.07, 6.45) is 0.570. The number of benzene rings is 5. The molecular formula is C35H31N5O5. The van der Waals surface area contributed by atoms with Gasteiger partial charge >= 0.3 is 0 Å². The highest BCUT2D eigenvalue weighted by molar-refractivity contribution is 6.07. The molecule has 0 atom stereocenters. The molecule has 10 heteroatoms. The molecule has 0 aliphatic rings. The Kier molecular flexibility index (Phi) is 11.1. The van der Waals surface area contributed by atoms with E-state index in [1.807, 2.05) is 72.8 Å². The molecule has 0 bridgehead atoms. The molecule has 0 aliphatic carbocycles. The van der Waals surface area contributed by atoms with E-state index in [0.29, 0.717) is 29.2 Å². The van der Waals surface area contributed by atoms with Crippen LogP contribution in [0.4, 0.5) is 28.4 Å². The predicted octanol–water partition coefficient (Wildman–Crippen LogP) is 6.48. The molecule has 0 heterocycles. The van der Waals surface area contributed by atoms with Crippen LogP contribution >= 0.6 is 0 Å². The number of carbonyl (C=O) groups excluding carboxylic acids is 3. The van der Waals surface area contributed by atoms with Gasteiger partial charge in [0.25, 0.3) is 11.6 Å². The van der Waals surface area contributed by atoms with Crippen LogP contribution in [0, 0.1) is 10.1 Å². The van der Waals surface area contributed by atoms with Gasteiger partial charge in [-0.25, -0.2) is 0 Å². The number of hydrogen-bond acceptors (Lipinski definition) is 6. The van der Waals surface area contributed by atoms with Gasteiger partial charge in [0, 0.05) is 17.7 Å². The second-order valence-corrected chi connectivity index (χ2v) is 9.81. The Morgan fingerprint density at radius 3 is 1.47 bits per heavy atom. The number of nitrogens with one attached hydrogen (secondary N) is 3. The quantitative estimate of drug-likeness (QED) is 0.0861. The monoisotopic (exact) mass is 601 g/mol. The number of nitrogen functional groups attached to an aromatic ring is 1. The smallest absolute Gasteiger partial charge is 0.269 e. The Labute approximate surface area is 260 Å². The lowest BCUT2D eigenvalue weighted by atomic mass is 10.1. The lowest BCUT2D eigenvalue weighted by Gasteiger charge is -2.12. The van der Waals surface area contributed by atoms with Crippen LogP contribution in [0.3, 0.4) is 0 Å². The zero-order valence-electron chi connectivity index (χ0n) is 24.2. The van der Waals surface area contributed by atoms with Crippen molar-refractivity contribution in [1.82, 2.24) is 0 Å². The molecule has 0 aromatic heterocycles. The van der Waals surface area contributed by atoms with E-state index in [-0.39, 0.29) is 29.5 Å². The fourth-order valence-corrected chi connectivity index (χ4v) is 4.19. The molecule has 0 aliphatic heterocycles. The summed E-state index contributed by atoms with van der Waals surface area (Å²) in [4.78, 5) is 46.7. The lowest BCUT2D eigenvalue weighted by Crippen LogP contribution is -2.18. The number of nitro benzene ring substituents is 1. The van der Waals surface area contributed by atoms with Gasteiger partial charge in [0.05, 0.1) is 40.5 Å². The van der Waals surface area contributed by atoms with Gasteiger partial charge in [0.2, 0.25) is 11.8 Å².